The van der Waals surface area contributed by atoms with Crippen molar-refractivity contribution < 1.29 is 31.2 Å². The molecule has 0 aliphatic carbocycles. The van der Waals surface area contributed by atoms with Gasteiger partial charge in [-0.3, -0.25) is 15.0 Å². The molecule has 2 heterocycles. The summed E-state index contributed by atoms with van der Waals surface area (Å²) < 4.78 is 63.3. The number of alkyl halides is 3. The molecule has 0 fully saturated rings. The maximum Gasteiger partial charge on any atom is 0.435 e. The van der Waals surface area contributed by atoms with Gasteiger partial charge in [-0.15, -0.1) is 4.83 Å². The number of nitrogens with zero attached hydrogens (tertiary/aromatic N) is 3. The van der Waals surface area contributed by atoms with Crippen LogP contribution in [0.25, 0.3) is 5.82 Å². The van der Waals surface area contributed by atoms with Gasteiger partial charge < -0.3 is 5.32 Å². The number of halogens is 5. The number of carbonyl (C=O) groups excluding carboxylic acids is 2. The normalized spacial score (nSPS) is 11.9. The largest absolute Gasteiger partial charge is 0.435 e. The quantitative estimate of drug-likeness (QED) is 0.403. The van der Waals surface area contributed by atoms with Crippen molar-refractivity contribution in [1.82, 2.24) is 25.0 Å². The Kier molecular flexibility index (Phi) is 7.40. The Labute approximate surface area is 206 Å². The first kappa shape index (κ1) is 26.4. The Bertz CT molecular complexity index is 1430. The number of benzene rings is 1. The summed E-state index contributed by atoms with van der Waals surface area (Å²) in [7, 11) is -3.82. The van der Waals surface area contributed by atoms with Crippen LogP contribution in [-0.2, 0) is 16.2 Å². The molecule has 2 amide bonds. The first-order chi connectivity index (χ1) is 16.2. The van der Waals surface area contributed by atoms with Crippen molar-refractivity contribution in [3.8, 4) is 5.82 Å². The van der Waals surface area contributed by atoms with E-state index in [-0.39, 0.29) is 32.7 Å². The number of aromatic nitrogens is 3. The van der Waals surface area contributed by atoms with Crippen LogP contribution in [0.2, 0.25) is 10.0 Å². The Morgan fingerprint density at radius 1 is 1.11 bits per heavy atom. The van der Waals surface area contributed by atoms with Crippen LogP contribution in [0.15, 0.2) is 36.5 Å². The van der Waals surface area contributed by atoms with Crippen molar-refractivity contribution in [2.24, 2.45) is 0 Å². The summed E-state index contributed by atoms with van der Waals surface area (Å²) in [5, 5.41) is 5.80. The molecule has 0 aliphatic rings. The number of rotatable bonds is 6. The highest BCUT2D eigenvalue weighted by Crippen LogP contribution is 2.31. The van der Waals surface area contributed by atoms with Crippen molar-refractivity contribution in [3.05, 3.63) is 69.1 Å². The maximum atomic E-state index is 13.4. The Balaban J connectivity index is 2.07. The molecule has 0 radical (unpaired) electrons. The van der Waals surface area contributed by atoms with E-state index in [4.69, 9.17) is 23.2 Å². The molecular formula is C19H15Cl2F3N6O4S. The highest BCUT2D eigenvalue weighted by atomic mass is 35.5. The fourth-order valence-corrected chi connectivity index (χ4v) is 3.60. The number of nitrogens with one attached hydrogen (secondary N) is 3. The van der Waals surface area contributed by atoms with Crippen molar-refractivity contribution >= 4 is 50.7 Å². The van der Waals surface area contributed by atoms with E-state index in [1.54, 1.807) is 4.83 Å². The van der Waals surface area contributed by atoms with E-state index in [1.807, 2.05) is 5.43 Å². The molecule has 0 unspecified atom stereocenters. The molecule has 0 aliphatic heterocycles. The second-order valence-electron chi connectivity index (χ2n) is 7.06. The smallest absolute Gasteiger partial charge is 0.320 e. The number of pyridine rings is 1. The number of hydrazine groups is 1. The number of hydrogen-bond donors (Lipinski definition) is 3. The van der Waals surface area contributed by atoms with Crippen molar-refractivity contribution in [2.75, 3.05) is 11.6 Å². The zero-order chi connectivity index (χ0) is 26.1. The molecule has 186 valence electrons. The topological polar surface area (TPSA) is 135 Å². The van der Waals surface area contributed by atoms with E-state index in [0.29, 0.717) is 10.7 Å². The molecule has 2 aromatic heterocycles. The Morgan fingerprint density at radius 2 is 1.80 bits per heavy atom. The molecule has 0 saturated heterocycles. The zero-order valence-corrected chi connectivity index (χ0v) is 20.1. The van der Waals surface area contributed by atoms with Gasteiger partial charge in [0.25, 0.3) is 11.8 Å². The Hall–Kier alpha value is -3.20. The van der Waals surface area contributed by atoms with Crippen LogP contribution >= 0.6 is 23.2 Å². The summed E-state index contributed by atoms with van der Waals surface area (Å²) in [6.07, 6.45) is -2.85. The van der Waals surface area contributed by atoms with Gasteiger partial charge in [0.15, 0.2) is 11.5 Å². The minimum absolute atomic E-state index is 0.0760. The summed E-state index contributed by atoms with van der Waals surface area (Å²) in [6, 6.07) is 5.80. The zero-order valence-electron chi connectivity index (χ0n) is 17.7. The Morgan fingerprint density at radius 3 is 2.40 bits per heavy atom. The van der Waals surface area contributed by atoms with Gasteiger partial charge >= 0.3 is 6.18 Å². The molecule has 35 heavy (non-hydrogen) atoms. The van der Waals surface area contributed by atoms with Gasteiger partial charge in [-0.05, 0) is 36.8 Å². The van der Waals surface area contributed by atoms with Crippen molar-refractivity contribution in [3.63, 3.8) is 0 Å². The molecule has 3 aromatic rings. The minimum atomic E-state index is -4.89. The molecule has 3 rings (SSSR count). The highest BCUT2D eigenvalue weighted by molar-refractivity contribution is 7.88. The second-order valence-corrected chi connectivity index (χ2v) is 9.65. The molecule has 10 nitrogen and oxygen atoms in total. The van der Waals surface area contributed by atoms with Crippen LogP contribution in [0, 0.1) is 6.92 Å². The van der Waals surface area contributed by atoms with Crippen LogP contribution in [-0.4, -0.2) is 41.3 Å². The van der Waals surface area contributed by atoms with Gasteiger partial charge in [0.1, 0.15) is 5.69 Å². The highest BCUT2D eigenvalue weighted by Gasteiger charge is 2.37. The van der Waals surface area contributed by atoms with E-state index in [9.17, 15) is 31.2 Å². The van der Waals surface area contributed by atoms with E-state index >= 15 is 0 Å². The van der Waals surface area contributed by atoms with Gasteiger partial charge in [0.2, 0.25) is 10.0 Å². The third-order valence-corrected chi connectivity index (χ3v) is 5.29. The van der Waals surface area contributed by atoms with Gasteiger partial charge in [-0.25, -0.2) is 18.1 Å². The van der Waals surface area contributed by atoms with E-state index in [2.05, 4.69) is 15.4 Å². The van der Waals surface area contributed by atoms with Crippen molar-refractivity contribution in [1.29, 1.82) is 0 Å². The molecule has 0 atom stereocenters. The monoisotopic (exact) mass is 550 g/mol. The van der Waals surface area contributed by atoms with Gasteiger partial charge in [0, 0.05) is 17.3 Å². The van der Waals surface area contributed by atoms with E-state index in [1.165, 1.54) is 31.3 Å². The number of hydrogen-bond acceptors (Lipinski definition) is 6. The fraction of sp³-hybridized carbons (Fsp3) is 0.158. The van der Waals surface area contributed by atoms with Crippen LogP contribution < -0.4 is 15.6 Å². The maximum absolute atomic E-state index is 13.4. The third-order valence-electron chi connectivity index (χ3n) is 4.31. The van der Waals surface area contributed by atoms with Crippen LogP contribution in [0.3, 0.4) is 0 Å². The minimum Gasteiger partial charge on any atom is -0.320 e. The molecule has 3 N–H and O–H groups in total. The fourth-order valence-electron chi connectivity index (χ4n) is 2.85. The molecule has 1 aromatic carbocycles. The SMILES string of the molecule is Cc1cc(Cl)cc(C(=O)NNS(C)(=O)=O)c1NC(=O)c1cc(C(F)(F)F)nn1-c1ncccc1Cl. The molecule has 0 spiro atoms. The van der Waals surface area contributed by atoms with Gasteiger partial charge in [-0.1, -0.05) is 23.2 Å². The number of carbonyl (C=O) groups is 2. The number of sulfonamides is 1. The predicted molar refractivity (Wildman–Crippen MR) is 121 cm³/mol. The lowest BCUT2D eigenvalue weighted by atomic mass is 10.1. The summed E-state index contributed by atoms with van der Waals surface area (Å²) in [4.78, 5) is 31.3. The molecular weight excluding hydrogens is 536 g/mol. The van der Waals surface area contributed by atoms with Crippen LogP contribution in [0.1, 0.15) is 32.1 Å². The standard InChI is InChI=1S/C19H15Cl2F3N6O4S/c1-9-6-10(20)7-11(17(31)27-29-35(2,33)34)15(9)26-18(32)13-8-14(19(22,23)24)28-30(13)16-12(21)4-3-5-25-16/h3-8,29H,1-2H3,(H,26,32)(H,27,31). The van der Waals surface area contributed by atoms with Crippen molar-refractivity contribution in [2.45, 2.75) is 13.1 Å². The lowest BCUT2D eigenvalue weighted by Gasteiger charge is -2.15. The van der Waals surface area contributed by atoms with Crippen LogP contribution in [0.5, 0.6) is 0 Å². The molecule has 16 heteroatoms. The van der Waals surface area contributed by atoms with Gasteiger partial charge in [0.05, 0.1) is 22.5 Å². The predicted octanol–water partition coefficient (Wildman–Crippen LogP) is 3.35. The average Bonchev–Trinajstić information content (AvgIpc) is 3.19. The number of aryl methyl sites for hydroxylation is 1. The molecule has 0 bridgehead atoms. The lowest BCUT2D eigenvalue weighted by molar-refractivity contribution is -0.141. The lowest BCUT2D eigenvalue weighted by Crippen LogP contribution is -2.41. The second kappa shape index (κ2) is 9.81. The van der Waals surface area contributed by atoms with E-state index < -0.39 is 39.4 Å². The first-order valence-corrected chi connectivity index (χ1v) is 12.0. The first-order valence-electron chi connectivity index (χ1n) is 9.34. The molecule has 0 saturated carbocycles. The summed E-state index contributed by atoms with van der Waals surface area (Å²) >= 11 is 12.0. The summed E-state index contributed by atoms with van der Waals surface area (Å²) in [5.74, 6) is -2.32. The van der Waals surface area contributed by atoms with Crippen LogP contribution in [0.4, 0.5) is 18.9 Å². The number of amides is 2. The summed E-state index contributed by atoms with van der Waals surface area (Å²) in [5.41, 5.74) is -0.184. The third kappa shape index (κ3) is 6.28. The van der Waals surface area contributed by atoms with E-state index in [0.717, 1.165) is 12.3 Å². The van der Waals surface area contributed by atoms with Gasteiger partial charge in [-0.2, -0.15) is 18.3 Å². The number of anilines is 1. The summed E-state index contributed by atoms with van der Waals surface area (Å²) in [6.45, 7) is 1.47. The average molecular weight is 551 g/mol.